The van der Waals surface area contributed by atoms with Gasteiger partial charge in [-0.1, -0.05) is 48.0 Å². The molecule has 214 valence electrons. The molecule has 3 N–H and O–H groups in total. The lowest BCUT2D eigenvalue weighted by Gasteiger charge is -2.22. The Morgan fingerprint density at radius 2 is 1.66 bits per heavy atom. The molecule has 3 aromatic carbocycles. The van der Waals surface area contributed by atoms with Crippen molar-refractivity contribution in [1.82, 2.24) is 25.0 Å². The van der Waals surface area contributed by atoms with E-state index in [-0.39, 0.29) is 23.5 Å². The number of carbonyl (C=O) groups excluding carboxylic acids is 1. The zero-order valence-corrected chi connectivity index (χ0v) is 21.8. The highest BCUT2D eigenvalue weighted by Crippen LogP contribution is 2.34. The maximum atomic E-state index is 14.4. The number of rotatable bonds is 9. The Morgan fingerprint density at radius 1 is 1.00 bits per heavy atom. The quantitative estimate of drug-likeness (QED) is 0.244. The second-order valence-corrected chi connectivity index (χ2v) is 9.28. The van der Waals surface area contributed by atoms with Crippen LogP contribution in [0.25, 0.3) is 11.4 Å². The van der Waals surface area contributed by atoms with Crippen molar-refractivity contribution in [1.29, 1.82) is 0 Å². The standard InChI is InChI=1S/C27H22ClF4N5O4/c28-18-11-9-16(10-12-18)24-35-37(26(41)36(24)14-17-5-1-4-8-21(17)29)15-23(38)33-13-22(34-25(39)40)19-6-2-3-7-20(19)27(30,31)32/h1-12,22,34H,13-15H2,(H,33,38)(H,39,40). The van der Waals surface area contributed by atoms with Gasteiger partial charge in [0.2, 0.25) is 5.91 Å². The van der Waals surface area contributed by atoms with Gasteiger partial charge in [0, 0.05) is 22.7 Å². The largest absolute Gasteiger partial charge is 0.465 e. The van der Waals surface area contributed by atoms with Gasteiger partial charge in [-0.3, -0.25) is 9.36 Å². The van der Waals surface area contributed by atoms with Gasteiger partial charge in [-0.15, -0.1) is 5.10 Å². The Morgan fingerprint density at radius 3 is 2.32 bits per heavy atom. The van der Waals surface area contributed by atoms with Crippen LogP contribution in [0.5, 0.6) is 0 Å². The Labute approximate surface area is 235 Å². The number of carboxylic acid groups (broad SMARTS) is 1. The molecule has 1 unspecified atom stereocenters. The third kappa shape index (κ3) is 7.11. The Bertz CT molecular complexity index is 1620. The molecule has 0 aliphatic carbocycles. The van der Waals surface area contributed by atoms with E-state index in [0.717, 1.165) is 22.9 Å². The minimum absolute atomic E-state index is 0.118. The average molecular weight is 592 g/mol. The van der Waals surface area contributed by atoms with E-state index in [1.165, 1.54) is 28.8 Å². The van der Waals surface area contributed by atoms with Gasteiger partial charge >= 0.3 is 18.0 Å². The molecule has 0 fully saturated rings. The Balaban J connectivity index is 1.60. The zero-order valence-electron chi connectivity index (χ0n) is 21.0. The third-order valence-electron chi connectivity index (χ3n) is 6.05. The fourth-order valence-electron chi connectivity index (χ4n) is 4.15. The average Bonchev–Trinajstić information content (AvgIpc) is 3.22. The van der Waals surface area contributed by atoms with Crippen LogP contribution in [-0.2, 0) is 24.1 Å². The summed E-state index contributed by atoms with van der Waals surface area (Å²) in [4.78, 5) is 37.3. The number of nitrogens with zero attached hydrogens (tertiary/aromatic N) is 3. The van der Waals surface area contributed by atoms with Crippen LogP contribution in [-0.4, -0.2) is 38.0 Å². The number of hydrogen-bond acceptors (Lipinski definition) is 4. The second-order valence-electron chi connectivity index (χ2n) is 8.84. The van der Waals surface area contributed by atoms with Crippen LogP contribution in [0.2, 0.25) is 5.02 Å². The minimum Gasteiger partial charge on any atom is -0.465 e. The lowest BCUT2D eigenvalue weighted by molar-refractivity contribution is -0.138. The summed E-state index contributed by atoms with van der Waals surface area (Å²) in [5.74, 6) is -1.26. The van der Waals surface area contributed by atoms with Gasteiger partial charge < -0.3 is 15.7 Å². The Hall–Kier alpha value is -4.65. The maximum absolute atomic E-state index is 14.4. The first kappa shape index (κ1) is 29.3. The van der Waals surface area contributed by atoms with Crippen LogP contribution in [0, 0.1) is 5.82 Å². The molecule has 14 heteroatoms. The number of alkyl halides is 3. The van der Waals surface area contributed by atoms with Crippen LogP contribution in [0.15, 0.2) is 77.6 Å². The number of benzene rings is 3. The van der Waals surface area contributed by atoms with E-state index < -0.39 is 54.4 Å². The molecule has 0 spiro atoms. The summed E-state index contributed by atoms with van der Waals surface area (Å²) in [6.45, 7) is -1.40. The summed E-state index contributed by atoms with van der Waals surface area (Å²) in [6.07, 6.45) is -6.37. The van der Waals surface area contributed by atoms with Crippen LogP contribution >= 0.6 is 11.6 Å². The molecular weight excluding hydrogens is 570 g/mol. The molecule has 0 aliphatic heterocycles. The molecule has 1 aromatic heterocycles. The molecule has 1 atom stereocenters. The van der Waals surface area contributed by atoms with Crippen molar-refractivity contribution in [3.63, 3.8) is 0 Å². The maximum Gasteiger partial charge on any atom is 0.416 e. The summed E-state index contributed by atoms with van der Waals surface area (Å²) in [7, 11) is 0. The highest BCUT2D eigenvalue weighted by atomic mass is 35.5. The highest BCUT2D eigenvalue weighted by molar-refractivity contribution is 6.30. The number of carbonyl (C=O) groups is 2. The number of hydrogen-bond donors (Lipinski definition) is 3. The van der Waals surface area contributed by atoms with Crippen LogP contribution in [0.1, 0.15) is 22.7 Å². The van der Waals surface area contributed by atoms with Gasteiger partial charge in [0.1, 0.15) is 12.4 Å². The van der Waals surface area contributed by atoms with Crippen LogP contribution < -0.4 is 16.3 Å². The fourth-order valence-corrected chi connectivity index (χ4v) is 4.28. The Kier molecular flexibility index (Phi) is 8.77. The monoisotopic (exact) mass is 591 g/mol. The molecule has 0 saturated heterocycles. The number of nitrogens with one attached hydrogen (secondary N) is 2. The first-order chi connectivity index (χ1) is 19.4. The lowest BCUT2D eigenvalue weighted by Crippen LogP contribution is -2.40. The summed E-state index contributed by atoms with van der Waals surface area (Å²) in [6, 6.07) is 15.0. The van der Waals surface area contributed by atoms with Crippen molar-refractivity contribution in [3.8, 4) is 11.4 Å². The van der Waals surface area contributed by atoms with Crippen molar-refractivity contribution in [2.24, 2.45) is 0 Å². The minimum atomic E-state index is -4.77. The molecule has 9 nitrogen and oxygen atoms in total. The predicted octanol–water partition coefficient (Wildman–Crippen LogP) is 4.70. The third-order valence-corrected chi connectivity index (χ3v) is 6.30. The molecule has 0 radical (unpaired) electrons. The van der Waals surface area contributed by atoms with Gasteiger partial charge in [-0.25, -0.2) is 18.7 Å². The summed E-state index contributed by atoms with van der Waals surface area (Å²) >= 11 is 5.96. The van der Waals surface area contributed by atoms with E-state index in [4.69, 9.17) is 11.6 Å². The van der Waals surface area contributed by atoms with Crippen LogP contribution in [0.3, 0.4) is 0 Å². The molecule has 4 rings (SSSR count). The first-order valence-corrected chi connectivity index (χ1v) is 12.4. The summed E-state index contributed by atoms with van der Waals surface area (Å²) < 4.78 is 56.9. The predicted molar refractivity (Wildman–Crippen MR) is 141 cm³/mol. The second kappa shape index (κ2) is 12.3. The molecule has 0 saturated carbocycles. The van der Waals surface area contributed by atoms with Gasteiger partial charge in [0.05, 0.1) is 18.2 Å². The first-order valence-electron chi connectivity index (χ1n) is 12.0. The van der Waals surface area contributed by atoms with E-state index in [2.05, 4.69) is 10.4 Å². The summed E-state index contributed by atoms with van der Waals surface area (Å²) in [5, 5.41) is 18.2. The van der Waals surface area contributed by atoms with Crippen LogP contribution in [0.4, 0.5) is 22.4 Å². The normalized spacial score (nSPS) is 12.1. The van der Waals surface area contributed by atoms with Crippen molar-refractivity contribution >= 4 is 23.6 Å². The fraction of sp³-hybridized carbons (Fsp3) is 0.185. The number of aromatic nitrogens is 3. The number of amides is 2. The smallest absolute Gasteiger partial charge is 0.416 e. The van der Waals surface area contributed by atoms with Gasteiger partial charge in [-0.05, 0) is 42.0 Å². The van der Waals surface area contributed by atoms with E-state index in [1.807, 2.05) is 5.32 Å². The van der Waals surface area contributed by atoms with Crippen molar-refractivity contribution in [2.75, 3.05) is 6.54 Å². The topological polar surface area (TPSA) is 118 Å². The van der Waals surface area contributed by atoms with Gasteiger partial charge in [-0.2, -0.15) is 13.2 Å². The number of halogens is 5. The van der Waals surface area contributed by atoms with Crippen molar-refractivity contribution < 1.29 is 32.3 Å². The highest BCUT2D eigenvalue weighted by Gasteiger charge is 2.35. The molecule has 41 heavy (non-hydrogen) atoms. The van der Waals surface area contributed by atoms with Gasteiger partial charge in [0.25, 0.3) is 0 Å². The van der Waals surface area contributed by atoms with E-state index in [9.17, 15) is 37.1 Å². The van der Waals surface area contributed by atoms with E-state index >= 15 is 0 Å². The van der Waals surface area contributed by atoms with Crippen molar-refractivity contribution in [3.05, 3.63) is 111 Å². The zero-order chi connectivity index (χ0) is 29.7. The lowest BCUT2D eigenvalue weighted by atomic mass is 9.99. The van der Waals surface area contributed by atoms with E-state index in [0.29, 0.717) is 10.6 Å². The van der Waals surface area contributed by atoms with E-state index in [1.54, 1.807) is 30.3 Å². The molecule has 0 aliphatic rings. The van der Waals surface area contributed by atoms with Crippen molar-refractivity contribution in [2.45, 2.75) is 25.3 Å². The van der Waals surface area contributed by atoms with Gasteiger partial charge in [0.15, 0.2) is 5.82 Å². The molecular formula is C27H22ClF4N5O4. The molecule has 4 aromatic rings. The summed E-state index contributed by atoms with van der Waals surface area (Å²) in [5.41, 5.74) is -1.56. The SMILES string of the molecule is O=C(O)NC(CNC(=O)Cn1nc(-c2ccc(Cl)cc2)n(Cc2ccccc2F)c1=O)c1ccccc1C(F)(F)F. The molecule has 0 bridgehead atoms. The molecule has 2 amide bonds. The molecule has 1 heterocycles.